The van der Waals surface area contributed by atoms with Crippen LogP contribution in [-0.4, -0.2) is 16.1 Å². The summed E-state index contributed by atoms with van der Waals surface area (Å²) >= 11 is 3.40. The van der Waals surface area contributed by atoms with E-state index >= 15 is 0 Å². The number of benzene rings is 2. The molecule has 0 aliphatic rings. The van der Waals surface area contributed by atoms with Crippen molar-refractivity contribution < 1.29 is 14.6 Å². The van der Waals surface area contributed by atoms with Gasteiger partial charge < -0.3 is 9.84 Å². The Bertz CT molecular complexity index is 865. The van der Waals surface area contributed by atoms with Crippen molar-refractivity contribution in [2.24, 2.45) is 0 Å². The second kappa shape index (κ2) is 6.38. The number of pyridine rings is 1. The maximum absolute atomic E-state index is 12.4. The number of nitrogens with zero attached hydrogens (tertiary/aromatic N) is 1. The highest BCUT2D eigenvalue weighted by Gasteiger charge is 2.18. The Morgan fingerprint density at radius 2 is 1.87 bits per heavy atom. The third-order valence-corrected chi connectivity index (χ3v) is 4.09. The first-order valence-electron chi connectivity index (χ1n) is 7.08. The molecule has 23 heavy (non-hydrogen) atoms. The van der Waals surface area contributed by atoms with E-state index in [9.17, 15) is 9.90 Å². The molecule has 0 bridgehead atoms. The molecular formula is C18H14BrNO3. The van der Waals surface area contributed by atoms with Gasteiger partial charge in [-0.15, -0.1) is 0 Å². The summed E-state index contributed by atoms with van der Waals surface area (Å²) in [5.74, 6) is -0.652. The molecule has 0 unspecified atom stereocenters. The van der Waals surface area contributed by atoms with Gasteiger partial charge in [-0.05, 0) is 59.7 Å². The Morgan fingerprint density at radius 1 is 1.13 bits per heavy atom. The minimum Gasteiger partial charge on any atom is -0.507 e. The second-order valence-corrected chi connectivity index (χ2v) is 6.10. The lowest BCUT2D eigenvalue weighted by molar-refractivity contribution is 0.0335. The van der Waals surface area contributed by atoms with Gasteiger partial charge >= 0.3 is 5.97 Å². The largest absolute Gasteiger partial charge is 0.507 e. The van der Waals surface area contributed by atoms with Crippen LogP contribution >= 0.6 is 15.9 Å². The highest BCUT2D eigenvalue weighted by Crippen LogP contribution is 2.29. The summed E-state index contributed by atoms with van der Waals surface area (Å²) in [6.07, 6.45) is 2.86. The van der Waals surface area contributed by atoms with E-state index in [1.54, 1.807) is 43.6 Å². The zero-order valence-corrected chi connectivity index (χ0v) is 13.9. The topological polar surface area (TPSA) is 59.4 Å². The van der Waals surface area contributed by atoms with Crippen LogP contribution in [-0.2, 0) is 4.74 Å². The van der Waals surface area contributed by atoms with Crippen LogP contribution in [0.5, 0.6) is 5.75 Å². The standard InChI is InChI=1S/C18H14BrNO3/c1-11(12-4-6-20-7-5-12)23-18(22)16-9-14-8-15(19)3-2-13(14)10-17(16)21/h2-11,21H,1H3/t11-/m1/s1. The van der Waals surface area contributed by atoms with Gasteiger partial charge in [0.25, 0.3) is 0 Å². The fraction of sp³-hybridized carbons (Fsp3) is 0.111. The minimum absolute atomic E-state index is 0.0910. The van der Waals surface area contributed by atoms with Crippen LogP contribution in [0.25, 0.3) is 10.8 Å². The molecule has 3 rings (SSSR count). The Morgan fingerprint density at radius 3 is 2.61 bits per heavy atom. The molecule has 2 aromatic carbocycles. The van der Waals surface area contributed by atoms with Crippen molar-refractivity contribution in [2.75, 3.05) is 0 Å². The molecule has 1 atom stereocenters. The zero-order valence-electron chi connectivity index (χ0n) is 12.4. The molecule has 3 aromatic rings. The van der Waals surface area contributed by atoms with Gasteiger partial charge in [0, 0.05) is 16.9 Å². The minimum atomic E-state index is -0.561. The normalized spacial score (nSPS) is 12.1. The predicted molar refractivity (Wildman–Crippen MR) is 91.4 cm³/mol. The lowest BCUT2D eigenvalue weighted by Crippen LogP contribution is -2.09. The maximum Gasteiger partial charge on any atom is 0.342 e. The molecule has 0 radical (unpaired) electrons. The number of fused-ring (bicyclic) bond motifs is 1. The average Bonchev–Trinajstić information content (AvgIpc) is 2.55. The van der Waals surface area contributed by atoms with E-state index in [2.05, 4.69) is 20.9 Å². The number of phenols is 1. The van der Waals surface area contributed by atoms with Crippen LogP contribution in [0.2, 0.25) is 0 Å². The number of halogens is 1. The van der Waals surface area contributed by atoms with Gasteiger partial charge in [0.1, 0.15) is 17.4 Å². The molecule has 1 heterocycles. The molecule has 116 valence electrons. The van der Waals surface area contributed by atoms with Gasteiger partial charge in [-0.25, -0.2) is 4.79 Å². The van der Waals surface area contributed by atoms with Gasteiger partial charge in [0.15, 0.2) is 0 Å². The van der Waals surface area contributed by atoms with Crippen molar-refractivity contribution in [3.63, 3.8) is 0 Å². The van der Waals surface area contributed by atoms with Crippen molar-refractivity contribution in [2.45, 2.75) is 13.0 Å². The number of phenolic OH excluding ortho intramolecular Hbond substituents is 1. The fourth-order valence-corrected chi connectivity index (χ4v) is 2.73. The molecule has 0 fully saturated rings. The number of aromatic hydroxyl groups is 1. The van der Waals surface area contributed by atoms with Gasteiger partial charge in [-0.1, -0.05) is 22.0 Å². The van der Waals surface area contributed by atoms with Crippen LogP contribution in [0.3, 0.4) is 0 Å². The van der Waals surface area contributed by atoms with Crippen molar-refractivity contribution in [3.8, 4) is 5.75 Å². The van der Waals surface area contributed by atoms with Gasteiger partial charge in [-0.3, -0.25) is 4.98 Å². The Kier molecular flexibility index (Phi) is 4.30. The molecule has 4 nitrogen and oxygen atoms in total. The molecule has 0 saturated heterocycles. The van der Waals surface area contributed by atoms with Crippen molar-refractivity contribution in [1.29, 1.82) is 0 Å². The van der Waals surface area contributed by atoms with Crippen molar-refractivity contribution >= 4 is 32.7 Å². The molecule has 0 spiro atoms. The van der Waals surface area contributed by atoms with Gasteiger partial charge in [0.05, 0.1) is 0 Å². The Labute approximate surface area is 141 Å². The highest BCUT2D eigenvalue weighted by molar-refractivity contribution is 9.10. The summed E-state index contributed by atoms with van der Waals surface area (Å²) in [6.45, 7) is 1.78. The third-order valence-electron chi connectivity index (χ3n) is 3.60. The molecule has 5 heteroatoms. The first-order chi connectivity index (χ1) is 11.0. The monoisotopic (exact) mass is 371 g/mol. The van der Waals surface area contributed by atoms with E-state index in [0.29, 0.717) is 0 Å². The second-order valence-electron chi connectivity index (χ2n) is 5.19. The first kappa shape index (κ1) is 15.5. The number of aromatic nitrogens is 1. The number of hydrogen-bond acceptors (Lipinski definition) is 4. The molecule has 1 aromatic heterocycles. The lowest BCUT2D eigenvalue weighted by Gasteiger charge is -2.14. The highest BCUT2D eigenvalue weighted by atomic mass is 79.9. The van der Waals surface area contributed by atoms with Crippen LogP contribution in [0.1, 0.15) is 28.9 Å². The van der Waals surface area contributed by atoms with Gasteiger partial charge in [0.2, 0.25) is 0 Å². The molecule has 0 aliphatic heterocycles. The number of hydrogen-bond donors (Lipinski definition) is 1. The van der Waals surface area contributed by atoms with Gasteiger partial charge in [-0.2, -0.15) is 0 Å². The van der Waals surface area contributed by atoms with E-state index < -0.39 is 12.1 Å². The summed E-state index contributed by atoms with van der Waals surface area (Å²) in [7, 11) is 0. The van der Waals surface area contributed by atoms with Crippen LogP contribution in [0, 0.1) is 0 Å². The SMILES string of the molecule is C[C@@H](OC(=O)c1cc2cc(Br)ccc2cc1O)c1ccncc1. The van der Waals surface area contributed by atoms with E-state index in [-0.39, 0.29) is 11.3 Å². The van der Waals surface area contributed by atoms with Crippen molar-refractivity contribution in [3.05, 3.63) is 70.5 Å². The quantitative estimate of drug-likeness (QED) is 0.682. The molecular weight excluding hydrogens is 358 g/mol. The number of ether oxygens (including phenoxy) is 1. The summed E-state index contributed by atoms with van der Waals surface area (Å²) in [5, 5.41) is 11.8. The maximum atomic E-state index is 12.4. The van der Waals surface area contributed by atoms with E-state index in [1.165, 1.54) is 0 Å². The number of carbonyl (C=O) groups excluding carboxylic acids is 1. The third kappa shape index (κ3) is 3.35. The lowest BCUT2D eigenvalue weighted by atomic mass is 10.1. The average molecular weight is 372 g/mol. The Hall–Kier alpha value is -2.40. The number of carbonyl (C=O) groups is 1. The zero-order chi connectivity index (χ0) is 16.4. The predicted octanol–water partition coefficient (Wildman–Crippen LogP) is 4.62. The van der Waals surface area contributed by atoms with E-state index in [1.807, 2.05) is 18.2 Å². The fourth-order valence-electron chi connectivity index (χ4n) is 2.35. The molecule has 1 N–H and O–H groups in total. The van der Waals surface area contributed by atoms with Crippen LogP contribution in [0.15, 0.2) is 59.3 Å². The van der Waals surface area contributed by atoms with Crippen molar-refractivity contribution in [1.82, 2.24) is 4.98 Å². The number of rotatable bonds is 3. The van der Waals surface area contributed by atoms with E-state index in [0.717, 1.165) is 20.8 Å². The summed E-state index contributed by atoms with van der Waals surface area (Å²) in [4.78, 5) is 16.3. The summed E-state index contributed by atoms with van der Waals surface area (Å²) in [5.41, 5.74) is 0.993. The smallest absolute Gasteiger partial charge is 0.342 e. The number of esters is 1. The Balaban J connectivity index is 1.90. The van der Waals surface area contributed by atoms with E-state index in [4.69, 9.17) is 4.74 Å². The molecule has 0 aliphatic carbocycles. The van der Waals surface area contributed by atoms with Crippen LogP contribution < -0.4 is 0 Å². The summed E-state index contributed by atoms with van der Waals surface area (Å²) < 4.78 is 6.35. The summed E-state index contributed by atoms with van der Waals surface area (Å²) in [6, 6.07) is 12.4. The molecule has 0 saturated carbocycles. The van der Waals surface area contributed by atoms with Crippen LogP contribution in [0.4, 0.5) is 0 Å². The molecule has 0 amide bonds. The first-order valence-corrected chi connectivity index (χ1v) is 7.87.